The van der Waals surface area contributed by atoms with Crippen molar-refractivity contribution in [1.82, 2.24) is 0 Å². The maximum Gasteiger partial charge on any atom is 0 e. The maximum absolute atomic E-state index is 8.76. The number of carbonyl (C=O) groups excluding carboxylic acids is 1. The average molecular weight is 522 g/mol. The molecule has 0 aromatic rings. The Bertz CT molecular complexity index is 32.6. The van der Waals surface area contributed by atoms with E-state index in [0.717, 1.165) is 0 Å². The molecule has 0 spiro atoms. The number of rotatable bonds is 0. The first kappa shape index (κ1) is 15.8. The normalized spacial score (nSPS) is 2.00. The Morgan fingerprint density at radius 3 is 1.60 bits per heavy atom. The summed E-state index contributed by atoms with van der Waals surface area (Å²) in [7, 11) is 0. The summed E-state index contributed by atoms with van der Waals surface area (Å²) < 4.78 is 1.67. The van der Waals surface area contributed by atoms with E-state index < -0.39 is 0 Å². The summed E-state index contributed by atoms with van der Waals surface area (Å²) in [6.45, 7) is 0. The first-order valence-corrected chi connectivity index (χ1v) is 2.58. The van der Waals surface area contributed by atoms with Crippen LogP contribution in [0.15, 0.2) is 0 Å². The molecule has 5 heavy (non-hydrogen) atoms. The third-order valence-corrected chi connectivity index (χ3v) is 0. The average Bonchev–Trinajstić information content (AvgIpc) is 0.918. The van der Waals surface area contributed by atoms with Gasteiger partial charge in [-0.25, -0.2) is 0 Å². The van der Waals surface area contributed by atoms with Crippen LogP contribution in [0.25, 0.3) is 0 Å². The molecule has 0 N–H and O–H groups in total. The Morgan fingerprint density at radius 1 is 1.60 bits per heavy atom. The van der Waals surface area contributed by atoms with E-state index in [0.29, 0.717) is 25.3 Å². The van der Waals surface area contributed by atoms with Crippen molar-refractivity contribution in [2.24, 2.45) is 0 Å². The molecule has 0 aromatic carbocycles. The van der Waals surface area contributed by atoms with Crippen LogP contribution in [0, 0.1) is 0 Å². The molecule has 0 aliphatic heterocycles. The third-order valence-electron chi connectivity index (χ3n) is 0. The molecule has 0 atom stereocenters. The van der Waals surface area contributed by atoms with E-state index in [1.54, 1.807) is 3.42 Å². The Labute approximate surface area is 74.0 Å². The largest absolute Gasteiger partial charge is 0 e. The number of hydrogen-bond donors (Lipinski definition) is 0. The molecular formula is CCdOPtRe. The van der Waals surface area contributed by atoms with Gasteiger partial charge < -0.3 is 0 Å². The molecule has 0 unspecified atom stereocenters. The van der Waals surface area contributed by atoms with Crippen molar-refractivity contribution in [2.75, 3.05) is 0 Å². The summed E-state index contributed by atoms with van der Waals surface area (Å²) in [6.07, 6.45) is 0. The first-order chi connectivity index (χ1) is 1.41. The van der Waals surface area contributed by atoms with Crippen LogP contribution in [-0.4, -0.2) is 3.42 Å². The van der Waals surface area contributed by atoms with Gasteiger partial charge in [-0.2, -0.15) is 0 Å². The fraction of sp³-hybridized carbons (Fsp3) is 0. The quantitative estimate of drug-likeness (QED) is 0.397. The second-order valence-corrected chi connectivity index (χ2v) is 0.968. The zero-order valence-corrected chi connectivity index (χ0v) is 11.3. The topological polar surface area (TPSA) is 17.1 Å². The summed E-state index contributed by atoms with van der Waals surface area (Å²) in [4.78, 5) is 8.76. The van der Waals surface area contributed by atoms with Crippen LogP contribution in [0.1, 0.15) is 0 Å². The van der Waals surface area contributed by atoms with Crippen molar-refractivity contribution in [1.29, 1.82) is 0 Å². The van der Waals surface area contributed by atoms with E-state index in [2.05, 4.69) is 0 Å². The Morgan fingerprint density at radius 2 is 1.60 bits per heavy atom. The summed E-state index contributed by atoms with van der Waals surface area (Å²) in [6, 6.07) is 0. The molecule has 0 aliphatic rings. The second kappa shape index (κ2) is 16.9. The minimum Gasteiger partial charge on any atom is 0 e. The molecule has 1 radical (unpaired) electrons. The van der Waals surface area contributed by atoms with Crippen LogP contribution < -0.4 is 0 Å². The van der Waals surface area contributed by atoms with E-state index >= 15 is 0 Å². The van der Waals surface area contributed by atoms with Gasteiger partial charge >= 0.3 is 33.5 Å². The first-order valence-electron chi connectivity index (χ1n) is 0.558. The van der Waals surface area contributed by atoms with Gasteiger partial charge in [0.25, 0.3) is 0 Å². The van der Waals surface area contributed by atoms with E-state index in [-0.39, 0.29) is 41.5 Å². The zero-order chi connectivity index (χ0) is 2.71. The minimum absolute atomic E-state index is 0. The molecule has 0 saturated heterocycles. The van der Waals surface area contributed by atoms with E-state index in [1.165, 1.54) is 0 Å². The summed E-state index contributed by atoms with van der Waals surface area (Å²) >= 11 is 0.394. The summed E-state index contributed by atoms with van der Waals surface area (Å²) in [5, 5.41) is 0. The fourth-order valence-corrected chi connectivity index (χ4v) is 0. The van der Waals surface area contributed by atoms with Crippen molar-refractivity contribution < 1.29 is 71.6 Å². The van der Waals surface area contributed by atoms with Crippen LogP contribution in [0.2, 0.25) is 0 Å². The van der Waals surface area contributed by atoms with E-state index in [1.807, 2.05) is 0 Å². The molecule has 0 aromatic heterocycles. The maximum atomic E-state index is 8.76. The second-order valence-electron chi connectivity index (χ2n) is 0.144. The van der Waals surface area contributed by atoms with Crippen molar-refractivity contribution in [3.8, 4) is 0 Å². The monoisotopic (exact) mass is 524 g/mol. The SMILES string of the molecule is O=[C]=[Cd].[Pt].[Re]. The molecule has 0 heterocycles. The molecule has 4 heteroatoms. The molecule has 0 amide bonds. The standard InChI is InChI=1S/CO.Cd.Pt.Re/c1-2;;;. The molecule has 29 valence electrons. The van der Waals surface area contributed by atoms with Gasteiger partial charge in [0.1, 0.15) is 0 Å². The van der Waals surface area contributed by atoms with E-state index in [4.69, 9.17) is 4.79 Å². The van der Waals surface area contributed by atoms with Crippen LogP contribution in [-0.2, 0) is 71.6 Å². The minimum atomic E-state index is 0. The van der Waals surface area contributed by atoms with Crippen LogP contribution in [0.4, 0.5) is 0 Å². The van der Waals surface area contributed by atoms with Crippen molar-refractivity contribution in [2.45, 2.75) is 0 Å². The van der Waals surface area contributed by atoms with Gasteiger partial charge in [-0.15, -0.1) is 0 Å². The van der Waals surface area contributed by atoms with Gasteiger partial charge in [-0.1, -0.05) is 0 Å². The van der Waals surface area contributed by atoms with E-state index in [9.17, 15) is 0 Å². The van der Waals surface area contributed by atoms with Gasteiger partial charge in [-0.05, 0) is 0 Å². The van der Waals surface area contributed by atoms with Crippen LogP contribution >= 0.6 is 0 Å². The van der Waals surface area contributed by atoms with Crippen molar-refractivity contribution in [3.05, 3.63) is 0 Å². The Kier molecular flexibility index (Phi) is 53.6. The predicted octanol–water partition coefficient (Wildman–Crippen LogP) is -0.405. The van der Waals surface area contributed by atoms with Gasteiger partial charge in [0.05, 0.1) is 0 Å². The zero-order valence-electron chi connectivity index (χ0n) is 2.31. The van der Waals surface area contributed by atoms with Gasteiger partial charge in [-0.3, -0.25) is 0 Å². The molecular weight excluding hydrogens is 522 g/mol. The van der Waals surface area contributed by atoms with Gasteiger partial charge in [0, 0.05) is 41.5 Å². The Hall–Kier alpha value is 1.85. The van der Waals surface area contributed by atoms with Crippen molar-refractivity contribution >= 4 is 3.42 Å². The van der Waals surface area contributed by atoms with Crippen LogP contribution in [0.5, 0.6) is 0 Å². The molecule has 0 aliphatic carbocycles. The molecule has 0 rings (SSSR count). The summed E-state index contributed by atoms with van der Waals surface area (Å²) in [5.41, 5.74) is 0. The Balaban J connectivity index is -0.0000000200. The molecule has 0 bridgehead atoms. The molecule has 0 fully saturated rings. The summed E-state index contributed by atoms with van der Waals surface area (Å²) in [5.74, 6) is 0. The molecule has 1 nitrogen and oxygen atoms in total. The number of hydrogen-bond acceptors (Lipinski definition) is 1. The molecule has 0 saturated carbocycles. The van der Waals surface area contributed by atoms with Crippen molar-refractivity contribution in [3.63, 3.8) is 0 Å². The van der Waals surface area contributed by atoms with Crippen LogP contribution in [0.3, 0.4) is 0 Å². The third kappa shape index (κ3) is 25.3. The fourth-order valence-electron chi connectivity index (χ4n) is 0. The smallest absolute Gasteiger partial charge is 0 e. The predicted molar refractivity (Wildman–Crippen MR) is 5.69 cm³/mol. The van der Waals surface area contributed by atoms with Gasteiger partial charge in [0.2, 0.25) is 0 Å². The van der Waals surface area contributed by atoms with Gasteiger partial charge in [0.15, 0.2) is 0 Å².